The van der Waals surface area contributed by atoms with Crippen molar-refractivity contribution in [2.45, 2.75) is 6.42 Å². The van der Waals surface area contributed by atoms with Gasteiger partial charge in [-0.3, -0.25) is 25.2 Å². The first-order chi connectivity index (χ1) is 10.4. The Hall–Kier alpha value is -2.61. The molecule has 0 radical (unpaired) electrons. The van der Waals surface area contributed by atoms with Gasteiger partial charge in [0.05, 0.1) is 23.4 Å². The molecule has 116 valence electrons. The average Bonchev–Trinajstić information content (AvgIpc) is 2.80. The minimum Gasteiger partial charge on any atom is -0.465 e. The Morgan fingerprint density at radius 1 is 1.27 bits per heavy atom. The van der Waals surface area contributed by atoms with Crippen LogP contribution < -0.4 is 16.2 Å². The lowest BCUT2D eigenvalue weighted by Crippen LogP contribution is -2.28. The maximum atomic E-state index is 11.9. The van der Waals surface area contributed by atoms with E-state index in [0.717, 1.165) is 0 Å². The molecular formula is C13H12ClN3O5. The van der Waals surface area contributed by atoms with Crippen molar-refractivity contribution in [2.75, 3.05) is 12.4 Å². The Morgan fingerprint density at radius 3 is 2.50 bits per heavy atom. The van der Waals surface area contributed by atoms with E-state index in [1.165, 1.54) is 25.3 Å². The lowest BCUT2D eigenvalue weighted by atomic mass is 10.1. The molecule has 3 N–H and O–H groups in total. The summed E-state index contributed by atoms with van der Waals surface area (Å²) < 4.78 is 4.57. The Balaban J connectivity index is 2.09. The summed E-state index contributed by atoms with van der Waals surface area (Å²) in [4.78, 5) is 46.1. The van der Waals surface area contributed by atoms with Crippen molar-refractivity contribution in [3.8, 4) is 0 Å². The maximum absolute atomic E-state index is 11.9. The van der Waals surface area contributed by atoms with Crippen molar-refractivity contribution >= 4 is 41.0 Å². The molecule has 0 aromatic heterocycles. The predicted octanol–water partition coefficient (Wildman–Crippen LogP) is 0.232. The van der Waals surface area contributed by atoms with Crippen LogP contribution in [0.4, 0.5) is 5.69 Å². The third-order valence-electron chi connectivity index (χ3n) is 2.99. The second-order valence-corrected chi connectivity index (χ2v) is 4.88. The summed E-state index contributed by atoms with van der Waals surface area (Å²) in [5.74, 6) is -3.41. The van der Waals surface area contributed by atoms with E-state index in [2.05, 4.69) is 20.9 Å². The van der Waals surface area contributed by atoms with Gasteiger partial charge in [0.2, 0.25) is 5.91 Å². The fourth-order valence-electron chi connectivity index (χ4n) is 1.85. The number of carbonyl (C=O) groups excluding carboxylic acids is 4. The highest BCUT2D eigenvalue weighted by Crippen LogP contribution is 2.24. The zero-order valence-electron chi connectivity index (χ0n) is 11.4. The molecule has 1 aliphatic heterocycles. The van der Waals surface area contributed by atoms with Gasteiger partial charge in [0.15, 0.2) is 0 Å². The maximum Gasteiger partial charge on any atom is 0.337 e. The van der Waals surface area contributed by atoms with Gasteiger partial charge in [-0.1, -0.05) is 11.6 Å². The first kappa shape index (κ1) is 15.8. The van der Waals surface area contributed by atoms with Crippen LogP contribution in [0.15, 0.2) is 18.2 Å². The first-order valence-corrected chi connectivity index (χ1v) is 6.57. The van der Waals surface area contributed by atoms with Crippen molar-refractivity contribution < 1.29 is 23.9 Å². The second kappa shape index (κ2) is 6.44. The Bertz CT molecular complexity index is 645. The fraction of sp³-hybridized carbons (Fsp3) is 0.231. The van der Waals surface area contributed by atoms with Gasteiger partial charge < -0.3 is 10.1 Å². The van der Waals surface area contributed by atoms with E-state index in [-0.39, 0.29) is 22.7 Å². The van der Waals surface area contributed by atoms with Gasteiger partial charge in [-0.15, -0.1) is 0 Å². The number of amides is 3. The van der Waals surface area contributed by atoms with Gasteiger partial charge in [0.1, 0.15) is 5.92 Å². The number of ether oxygens (including phenoxy) is 1. The molecule has 8 nitrogen and oxygen atoms in total. The molecule has 0 atom stereocenters. The van der Waals surface area contributed by atoms with Crippen LogP contribution in [0, 0.1) is 5.92 Å². The molecule has 1 aromatic carbocycles. The number of hydrogen-bond donors (Lipinski definition) is 3. The van der Waals surface area contributed by atoms with Crippen molar-refractivity contribution in [1.82, 2.24) is 10.9 Å². The number of halogens is 1. The van der Waals surface area contributed by atoms with Crippen LogP contribution in [-0.4, -0.2) is 30.8 Å². The molecule has 22 heavy (non-hydrogen) atoms. The van der Waals surface area contributed by atoms with Crippen LogP contribution in [-0.2, 0) is 19.1 Å². The highest BCUT2D eigenvalue weighted by Gasteiger charge is 2.34. The summed E-state index contributed by atoms with van der Waals surface area (Å²) in [5.41, 5.74) is 4.65. The number of anilines is 1. The van der Waals surface area contributed by atoms with E-state index < -0.39 is 29.6 Å². The number of methoxy groups -OCH3 is 1. The number of rotatable bonds is 4. The molecule has 0 saturated carbocycles. The number of esters is 1. The van der Waals surface area contributed by atoms with Crippen molar-refractivity contribution in [2.24, 2.45) is 5.92 Å². The van der Waals surface area contributed by atoms with Gasteiger partial charge >= 0.3 is 5.97 Å². The van der Waals surface area contributed by atoms with Gasteiger partial charge in [-0.25, -0.2) is 4.79 Å². The zero-order valence-corrected chi connectivity index (χ0v) is 12.2. The van der Waals surface area contributed by atoms with E-state index in [9.17, 15) is 19.2 Å². The Morgan fingerprint density at radius 2 is 1.91 bits per heavy atom. The predicted molar refractivity (Wildman–Crippen MR) is 75.8 cm³/mol. The van der Waals surface area contributed by atoms with Gasteiger partial charge in [-0.2, -0.15) is 0 Å². The van der Waals surface area contributed by atoms with Crippen LogP contribution >= 0.6 is 11.6 Å². The van der Waals surface area contributed by atoms with Crippen LogP contribution in [0.2, 0.25) is 5.02 Å². The minimum absolute atomic E-state index is 0.188. The van der Waals surface area contributed by atoms with Crippen LogP contribution in [0.3, 0.4) is 0 Å². The van der Waals surface area contributed by atoms with E-state index in [4.69, 9.17) is 11.6 Å². The molecule has 0 bridgehead atoms. The summed E-state index contributed by atoms with van der Waals surface area (Å²) >= 11 is 5.94. The van der Waals surface area contributed by atoms with E-state index in [0.29, 0.717) is 0 Å². The van der Waals surface area contributed by atoms with Crippen LogP contribution in [0.1, 0.15) is 16.8 Å². The summed E-state index contributed by atoms with van der Waals surface area (Å²) in [6.45, 7) is 0. The van der Waals surface area contributed by atoms with E-state index in [1.54, 1.807) is 0 Å². The number of hydrazine groups is 1. The molecule has 1 fully saturated rings. The fourth-order valence-corrected chi connectivity index (χ4v) is 2.02. The minimum atomic E-state index is -1.09. The zero-order chi connectivity index (χ0) is 16.3. The van der Waals surface area contributed by atoms with Crippen LogP contribution in [0.25, 0.3) is 0 Å². The topological polar surface area (TPSA) is 114 Å². The quantitative estimate of drug-likeness (QED) is 0.542. The molecule has 0 unspecified atom stereocenters. The molecule has 0 aliphatic carbocycles. The number of hydrogen-bond acceptors (Lipinski definition) is 5. The smallest absolute Gasteiger partial charge is 0.337 e. The normalized spacial score (nSPS) is 14.3. The molecule has 1 saturated heterocycles. The molecule has 0 spiro atoms. The summed E-state index contributed by atoms with van der Waals surface area (Å²) in [6, 6.07) is 4.22. The second-order valence-electron chi connectivity index (χ2n) is 4.47. The molecule has 1 aromatic rings. The molecule has 9 heteroatoms. The standard InChI is InChI=1S/C13H12ClN3O5/c1-22-13(21)6-2-3-8(14)9(4-6)15-10(18)5-7-11(19)16-17-12(7)20/h2-4,7H,5H2,1H3,(H,15,18)(H,16,19)(H,17,20). The highest BCUT2D eigenvalue weighted by atomic mass is 35.5. The number of nitrogens with one attached hydrogen (secondary N) is 3. The van der Waals surface area contributed by atoms with Gasteiger partial charge in [0, 0.05) is 6.42 Å². The molecule has 1 heterocycles. The SMILES string of the molecule is COC(=O)c1ccc(Cl)c(NC(=O)CC2C(=O)NNC2=O)c1. The number of benzene rings is 1. The monoisotopic (exact) mass is 325 g/mol. The van der Waals surface area contributed by atoms with Crippen molar-refractivity contribution in [1.29, 1.82) is 0 Å². The third kappa shape index (κ3) is 3.34. The third-order valence-corrected chi connectivity index (χ3v) is 3.32. The van der Waals surface area contributed by atoms with E-state index >= 15 is 0 Å². The Labute approximate surface area is 130 Å². The highest BCUT2D eigenvalue weighted by molar-refractivity contribution is 6.34. The summed E-state index contributed by atoms with van der Waals surface area (Å²) in [7, 11) is 1.23. The largest absolute Gasteiger partial charge is 0.465 e. The average molecular weight is 326 g/mol. The first-order valence-electron chi connectivity index (χ1n) is 6.20. The summed E-state index contributed by atoms with van der Waals surface area (Å²) in [5, 5.41) is 2.67. The van der Waals surface area contributed by atoms with Crippen LogP contribution in [0.5, 0.6) is 0 Å². The molecule has 3 amide bonds. The lowest BCUT2D eigenvalue weighted by Gasteiger charge is -2.10. The number of carbonyl (C=O) groups is 4. The molecule has 1 aliphatic rings. The molecule has 2 rings (SSSR count). The van der Waals surface area contributed by atoms with E-state index in [1.807, 2.05) is 0 Å². The van der Waals surface area contributed by atoms with Gasteiger partial charge in [0.25, 0.3) is 11.8 Å². The summed E-state index contributed by atoms with van der Waals surface area (Å²) in [6.07, 6.45) is -0.337. The molecular weight excluding hydrogens is 314 g/mol. The van der Waals surface area contributed by atoms with Gasteiger partial charge in [-0.05, 0) is 18.2 Å². The Kier molecular flexibility index (Phi) is 4.62. The van der Waals surface area contributed by atoms with Crippen molar-refractivity contribution in [3.05, 3.63) is 28.8 Å². The lowest BCUT2D eigenvalue weighted by molar-refractivity contribution is -0.131. The van der Waals surface area contributed by atoms with Crippen molar-refractivity contribution in [3.63, 3.8) is 0 Å².